The van der Waals surface area contributed by atoms with Crippen molar-refractivity contribution in [1.82, 2.24) is 26.3 Å². The number of urea groups is 1. The highest BCUT2D eigenvalue weighted by Crippen LogP contribution is 2.56. The number of hydrazine groups is 2. The third kappa shape index (κ3) is 3.19. The molecule has 26 heavy (non-hydrogen) atoms. The van der Waals surface area contributed by atoms with E-state index in [0.717, 1.165) is 44.3 Å². The first-order valence-corrected chi connectivity index (χ1v) is 9.17. The van der Waals surface area contributed by atoms with Gasteiger partial charge >= 0.3 is 6.03 Å². The zero-order chi connectivity index (χ0) is 18.3. The number of hydrogen-bond acceptors (Lipinski definition) is 5. The lowest BCUT2D eigenvalue weighted by molar-refractivity contribution is 0.0277. The minimum atomic E-state index is -0.369. The number of nitrogens with zero attached hydrogens (tertiary/aromatic N) is 3. The predicted molar refractivity (Wildman–Crippen MR) is 96.6 cm³/mol. The number of rotatable bonds is 1. The highest BCUT2D eigenvalue weighted by atomic mass is 35.5. The number of guanidine groups is 1. The third-order valence-electron chi connectivity index (χ3n) is 5.80. The number of carbonyl (C=O) groups is 1. The molecule has 0 aromatic heterocycles. The van der Waals surface area contributed by atoms with E-state index in [9.17, 15) is 9.18 Å². The van der Waals surface area contributed by atoms with Crippen LogP contribution >= 0.6 is 11.6 Å². The van der Waals surface area contributed by atoms with Gasteiger partial charge in [-0.15, -0.1) is 10.6 Å². The van der Waals surface area contributed by atoms with Gasteiger partial charge in [0.1, 0.15) is 5.82 Å². The number of piperidine rings is 1. The first-order valence-electron chi connectivity index (χ1n) is 8.79. The van der Waals surface area contributed by atoms with Crippen molar-refractivity contribution in [2.75, 3.05) is 20.1 Å². The summed E-state index contributed by atoms with van der Waals surface area (Å²) < 4.78 is 13.3. The molecule has 1 aromatic rings. The van der Waals surface area contributed by atoms with E-state index in [1.54, 1.807) is 18.1 Å². The summed E-state index contributed by atoms with van der Waals surface area (Å²) in [4.78, 5) is 14.2. The first kappa shape index (κ1) is 17.4. The minimum Gasteiger partial charge on any atom is -0.324 e. The van der Waals surface area contributed by atoms with E-state index in [1.807, 2.05) is 11.0 Å². The van der Waals surface area contributed by atoms with E-state index >= 15 is 0 Å². The maximum Gasteiger partial charge on any atom is 0.324 e. The van der Waals surface area contributed by atoms with E-state index in [-0.39, 0.29) is 16.9 Å². The van der Waals surface area contributed by atoms with Gasteiger partial charge in [0, 0.05) is 20.1 Å². The molecule has 140 valence electrons. The minimum absolute atomic E-state index is 0.128. The Labute approximate surface area is 156 Å². The van der Waals surface area contributed by atoms with Crippen molar-refractivity contribution >= 4 is 23.6 Å². The summed E-state index contributed by atoms with van der Waals surface area (Å²) >= 11 is 5.90. The fraction of sp³-hybridized carbons (Fsp3) is 0.529. The average Bonchev–Trinajstić information content (AvgIpc) is 3.00. The van der Waals surface area contributed by atoms with Crippen molar-refractivity contribution in [2.45, 2.75) is 31.6 Å². The summed E-state index contributed by atoms with van der Waals surface area (Å²) in [5.74, 6) is 0.519. The summed E-state index contributed by atoms with van der Waals surface area (Å²) in [6.07, 6.45) is 4.14. The molecule has 3 N–H and O–H groups in total. The second-order valence-electron chi connectivity index (χ2n) is 7.41. The van der Waals surface area contributed by atoms with E-state index in [2.05, 4.69) is 21.5 Å². The van der Waals surface area contributed by atoms with Crippen LogP contribution in [0.2, 0.25) is 5.02 Å². The van der Waals surface area contributed by atoms with Gasteiger partial charge in [-0.25, -0.2) is 14.7 Å². The van der Waals surface area contributed by atoms with Gasteiger partial charge in [0.05, 0.1) is 5.02 Å². The molecule has 1 spiro atoms. The number of amides is 2. The quantitative estimate of drug-likeness (QED) is 0.699. The Morgan fingerprint density at radius 1 is 1.38 bits per heavy atom. The molecule has 0 radical (unpaired) electrons. The molecule has 2 heterocycles. The lowest BCUT2D eigenvalue weighted by Gasteiger charge is -2.52. The fourth-order valence-corrected chi connectivity index (χ4v) is 4.34. The highest BCUT2D eigenvalue weighted by Gasteiger charge is 2.46. The topological polar surface area (TPSA) is 72.0 Å². The summed E-state index contributed by atoms with van der Waals surface area (Å²) in [6, 6.07) is 4.90. The summed E-state index contributed by atoms with van der Waals surface area (Å²) in [6.45, 7) is 1.47. The molecule has 4 rings (SSSR count). The van der Waals surface area contributed by atoms with Crippen LogP contribution < -0.4 is 16.4 Å². The zero-order valence-corrected chi connectivity index (χ0v) is 15.3. The molecular weight excluding hydrogens is 359 g/mol. The normalized spacial score (nSPS) is 22.0. The number of benzene rings is 1. The maximum absolute atomic E-state index is 13.3. The molecule has 1 saturated carbocycles. The lowest BCUT2D eigenvalue weighted by atomic mass is 9.56. The number of likely N-dealkylation sites (tertiary alicyclic amines) is 1. The van der Waals surface area contributed by atoms with Gasteiger partial charge in [0.15, 0.2) is 0 Å². The van der Waals surface area contributed by atoms with Crippen LogP contribution in [0.1, 0.15) is 37.2 Å². The van der Waals surface area contributed by atoms with Crippen LogP contribution in [0.3, 0.4) is 0 Å². The Kier molecular flexibility index (Phi) is 4.40. The fourth-order valence-electron chi connectivity index (χ4n) is 4.15. The van der Waals surface area contributed by atoms with Gasteiger partial charge in [-0.05, 0) is 54.7 Å². The molecule has 3 aliphatic rings. The molecule has 2 amide bonds. The Hall–Kier alpha value is -2.06. The smallest absolute Gasteiger partial charge is 0.324 e. The Morgan fingerprint density at radius 3 is 2.73 bits per heavy atom. The molecule has 2 aliphatic heterocycles. The Morgan fingerprint density at radius 2 is 2.12 bits per heavy atom. The van der Waals surface area contributed by atoms with Crippen LogP contribution in [0.4, 0.5) is 9.18 Å². The summed E-state index contributed by atoms with van der Waals surface area (Å²) in [7, 11) is 1.76. The molecule has 2 fully saturated rings. The standard InChI is InChI=1S/C17H22ClFN6O/c1-24-15(21-22-23-24)20-16(26)25-6-4-17(5-7-25)9-12(10-17)11-2-3-14(19)13(18)8-11/h2-3,8,12,22-23H,4-7,9-10H2,1H3,(H,20,21,26). The molecule has 0 bridgehead atoms. The summed E-state index contributed by atoms with van der Waals surface area (Å²) in [5.41, 5.74) is 6.75. The van der Waals surface area contributed by atoms with Crippen molar-refractivity contribution in [3.05, 3.63) is 34.6 Å². The van der Waals surface area contributed by atoms with Gasteiger partial charge in [0.2, 0.25) is 5.96 Å². The second-order valence-corrected chi connectivity index (χ2v) is 7.82. The monoisotopic (exact) mass is 380 g/mol. The van der Waals surface area contributed by atoms with Crippen molar-refractivity contribution in [2.24, 2.45) is 10.5 Å². The van der Waals surface area contributed by atoms with Crippen molar-refractivity contribution in [3.63, 3.8) is 0 Å². The molecular formula is C17H22ClFN6O. The highest BCUT2D eigenvalue weighted by molar-refractivity contribution is 6.30. The second kappa shape index (κ2) is 6.59. The van der Waals surface area contributed by atoms with Gasteiger partial charge in [-0.3, -0.25) is 10.3 Å². The van der Waals surface area contributed by atoms with E-state index in [0.29, 0.717) is 17.3 Å². The number of hydrazone groups is 1. The molecule has 9 heteroatoms. The zero-order valence-electron chi connectivity index (χ0n) is 14.6. The Bertz CT molecular complexity index is 741. The molecule has 0 atom stereocenters. The maximum atomic E-state index is 13.3. The largest absolute Gasteiger partial charge is 0.324 e. The molecule has 1 saturated heterocycles. The SMILES string of the molecule is CN1NNN=C1NC(=O)N1CCC2(CC1)CC(c1ccc(F)c(Cl)c1)C2. The van der Waals surface area contributed by atoms with Gasteiger partial charge in [0.25, 0.3) is 0 Å². The Balaban J connectivity index is 1.29. The van der Waals surface area contributed by atoms with E-state index < -0.39 is 0 Å². The van der Waals surface area contributed by atoms with Crippen LogP contribution in [0.15, 0.2) is 23.3 Å². The van der Waals surface area contributed by atoms with E-state index in [4.69, 9.17) is 11.6 Å². The number of hydrogen-bond donors (Lipinski definition) is 3. The van der Waals surface area contributed by atoms with Crippen LogP contribution in [-0.4, -0.2) is 42.0 Å². The molecule has 1 aliphatic carbocycles. The molecule has 1 aromatic carbocycles. The van der Waals surface area contributed by atoms with E-state index in [1.165, 1.54) is 6.07 Å². The van der Waals surface area contributed by atoms with Gasteiger partial charge < -0.3 is 4.90 Å². The van der Waals surface area contributed by atoms with Crippen LogP contribution in [-0.2, 0) is 0 Å². The molecule has 0 unspecified atom stereocenters. The number of halogens is 2. The molecule has 7 nitrogen and oxygen atoms in total. The predicted octanol–water partition coefficient (Wildman–Crippen LogP) is 2.37. The van der Waals surface area contributed by atoms with Crippen molar-refractivity contribution < 1.29 is 9.18 Å². The lowest BCUT2D eigenvalue weighted by Crippen LogP contribution is -2.53. The van der Waals surface area contributed by atoms with Gasteiger partial charge in [-0.1, -0.05) is 17.7 Å². The van der Waals surface area contributed by atoms with Crippen LogP contribution in [0.25, 0.3) is 0 Å². The third-order valence-corrected chi connectivity index (χ3v) is 6.09. The summed E-state index contributed by atoms with van der Waals surface area (Å²) in [5, 5.41) is 8.54. The van der Waals surface area contributed by atoms with Crippen LogP contribution in [0.5, 0.6) is 0 Å². The van der Waals surface area contributed by atoms with Crippen molar-refractivity contribution in [1.29, 1.82) is 0 Å². The average molecular weight is 381 g/mol. The van der Waals surface area contributed by atoms with Crippen molar-refractivity contribution in [3.8, 4) is 0 Å². The van der Waals surface area contributed by atoms with Gasteiger partial charge in [-0.2, -0.15) is 0 Å². The first-order chi connectivity index (χ1) is 12.5. The number of nitrogens with one attached hydrogen (secondary N) is 3. The number of carbonyl (C=O) groups excluding carboxylic acids is 1. The van der Waals surface area contributed by atoms with Crippen LogP contribution in [0, 0.1) is 11.2 Å².